The zero-order valence-electron chi connectivity index (χ0n) is 7.34. The van der Waals surface area contributed by atoms with Crippen molar-refractivity contribution in [2.75, 3.05) is 7.11 Å². The molecule has 0 aliphatic carbocycles. The summed E-state index contributed by atoms with van der Waals surface area (Å²) in [5.74, 6) is 0.558. The van der Waals surface area contributed by atoms with Gasteiger partial charge in [0, 0.05) is 5.56 Å². The van der Waals surface area contributed by atoms with Crippen molar-refractivity contribution in [1.82, 2.24) is 0 Å². The molecule has 0 saturated carbocycles. The van der Waals surface area contributed by atoms with Gasteiger partial charge in [0.05, 0.1) is 13.2 Å². The summed E-state index contributed by atoms with van der Waals surface area (Å²) < 4.78 is 5.01. The van der Waals surface area contributed by atoms with E-state index in [1.165, 1.54) is 7.11 Å². The first-order chi connectivity index (χ1) is 6.16. The van der Waals surface area contributed by atoms with E-state index in [1.54, 1.807) is 24.3 Å². The number of ether oxygens (including phenoxy) is 1. The van der Waals surface area contributed by atoms with Crippen LogP contribution in [0.15, 0.2) is 24.3 Å². The highest BCUT2D eigenvalue weighted by atomic mass is 16.5. The average molecular weight is 183 g/mol. The molecule has 72 valence electrons. The fraction of sp³-hybridized carbons (Fsp3) is 0.333. The molecule has 4 N–H and O–H groups in total. The molecule has 0 bridgehead atoms. The Labute approximate surface area is 76.6 Å². The van der Waals surface area contributed by atoms with Crippen LogP contribution in [0.4, 0.5) is 0 Å². The van der Waals surface area contributed by atoms with Gasteiger partial charge in [0.25, 0.3) is 0 Å². The Kier molecular flexibility index (Phi) is 3.25. The maximum atomic E-state index is 8.87. The summed E-state index contributed by atoms with van der Waals surface area (Å²) in [6.45, 7) is 0. The number of rotatable bonds is 3. The minimum atomic E-state index is -1.57. The Morgan fingerprint density at radius 3 is 2.46 bits per heavy atom. The van der Waals surface area contributed by atoms with Gasteiger partial charge < -0.3 is 20.7 Å². The lowest BCUT2D eigenvalue weighted by atomic mass is 10.1. The molecule has 0 aromatic heterocycles. The van der Waals surface area contributed by atoms with Crippen LogP contribution in [0.3, 0.4) is 0 Å². The van der Waals surface area contributed by atoms with E-state index in [2.05, 4.69) is 0 Å². The molecule has 0 saturated heterocycles. The number of aliphatic hydroxyl groups is 2. The van der Waals surface area contributed by atoms with Crippen LogP contribution in [0.2, 0.25) is 0 Å². The van der Waals surface area contributed by atoms with E-state index in [-0.39, 0.29) is 0 Å². The molecule has 4 nitrogen and oxygen atoms in total. The minimum absolute atomic E-state index is 0.558. The summed E-state index contributed by atoms with van der Waals surface area (Å²) >= 11 is 0. The lowest BCUT2D eigenvalue weighted by Gasteiger charge is -2.16. The molecule has 1 unspecified atom stereocenters. The SMILES string of the molecule is COc1ccccc1C(N)C(O)O. The maximum absolute atomic E-state index is 8.87. The second kappa shape index (κ2) is 4.23. The Balaban J connectivity index is 2.98. The highest BCUT2D eigenvalue weighted by molar-refractivity contribution is 5.35. The van der Waals surface area contributed by atoms with Crippen LogP contribution >= 0.6 is 0 Å². The molecule has 1 atom stereocenters. The minimum Gasteiger partial charge on any atom is -0.496 e. The van der Waals surface area contributed by atoms with E-state index in [0.717, 1.165) is 0 Å². The van der Waals surface area contributed by atoms with Gasteiger partial charge in [0.15, 0.2) is 6.29 Å². The highest BCUT2D eigenvalue weighted by Gasteiger charge is 2.17. The van der Waals surface area contributed by atoms with Gasteiger partial charge >= 0.3 is 0 Å². The van der Waals surface area contributed by atoms with Crippen molar-refractivity contribution < 1.29 is 14.9 Å². The fourth-order valence-corrected chi connectivity index (χ4v) is 1.10. The molecule has 1 rings (SSSR count). The largest absolute Gasteiger partial charge is 0.496 e. The van der Waals surface area contributed by atoms with Gasteiger partial charge in [-0.15, -0.1) is 0 Å². The first-order valence-corrected chi connectivity index (χ1v) is 3.91. The van der Waals surface area contributed by atoms with Crippen molar-refractivity contribution in [3.05, 3.63) is 29.8 Å². The van der Waals surface area contributed by atoms with Crippen LogP contribution < -0.4 is 10.5 Å². The zero-order chi connectivity index (χ0) is 9.84. The second-order valence-corrected chi connectivity index (χ2v) is 2.68. The van der Waals surface area contributed by atoms with Crippen LogP contribution in [0, 0.1) is 0 Å². The Morgan fingerprint density at radius 1 is 1.31 bits per heavy atom. The van der Waals surface area contributed by atoms with E-state index >= 15 is 0 Å². The van der Waals surface area contributed by atoms with E-state index in [4.69, 9.17) is 20.7 Å². The smallest absolute Gasteiger partial charge is 0.171 e. The number of para-hydroxylation sites is 1. The van der Waals surface area contributed by atoms with Crippen molar-refractivity contribution in [3.8, 4) is 5.75 Å². The van der Waals surface area contributed by atoms with Crippen molar-refractivity contribution in [2.45, 2.75) is 12.3 Å². The first-order valence-electron chi connectivity index (χ1n) is 3.91. The maximum Gasteiger partial charge on any atom is 0.171 e. The Hall–Kier alpha value is -1.10. The molecule has 0 heterocycles. The number of hydrogen-bond acceptors (Lipinski definition) is 4. The molecule has 0 radical (unpaired) electrons. The molecule has 0 fully saturated rings. The average Bonchev–Trinajstić information content (AvgIpc) is 2.16. The van der Waals surface area contributed by atoms with Gasteiger partial charge in [-0.1, -0.05) is 18.2 Å². The molecule has 0 aliphatic heterocycles. The third kappa shape index (κ3) is 2.18. The zero-order valence-corrected chi connectivity index (χ0v) is 7.34. The number of hydrogen-bond donors (Lipinski definition) is 3. The second-order valence-electron chi connectivity index (χ2n) is 2.68. The third-order valence-electron chi connectivity index (χ3n) is 1.82. The standard InChI is InChI=1S/C9H13NO3/c1-13-7-5-3-2-4-6(7)8(10)9(11)12/h2-5,8-9,11-12H,10H2,1H3. The number of aliphatic hydroxyl groups excluding tert-OH is 1. The number of methoxy groups -OCH3 is 1. The number of nitrogens with two attached hydrogens (primary N) is 1. The predicted molar refractivity (Wildman–Crippen MR) is 48.1 cm³/mol. The Bertz CT molecular complexity index is 275. The summed E-state index contributed by atoms with van der Waals surface area (Å²) in [6.07, 6.45) is -1.57. The van der Waals surface area contributed by atoms with Crippen LogP contribution in [-0.2, 0) is 0 Å². The summed E-state index contributed by atoms with van der Waals surface area (Å²) in [4.78, 5) is 0. The summed E-state index contributed by atoms with van der Waals surface area (Å²) in [7, 11) is 1.51. The van der Waals surface area contributed by atoms with Gasteiger partial charge in [0.1, 0.15) is 5.75 Å². The summed E-state index contributed by atoms with van der Waals surface area (Å²) in [5, 5.41) is 17.7. The van der Waals surface area contributed by atoms with Crippen LogP contribution in [0.5, 0.6) is 5.75 Å². The van der Waals surface area contributed by atoms with Gasteiger partial charge in [-0.3, -0.25) is 0 Å². The highest BCUT2D eigenvalue weighted by Crippen LogP contribution is 2.24. The molecule has 0 spiro atoms. The third-order valence-corrected chi connectivity index (χ3v) is 1.82. The van der Waals surface area contributed by atoms with E-state index < -0.39 is 12.3 Å². The topological polar surface area (TPSA) is 75.7 Å². The summed E-state index contributed by atoms with van der Waals surface area (Å²) in [6, 6.07) is 6.13. The van der Waals surface area contributed by atoms with Gasteiger partial charge in [-0.25, -0.2) is 0 Å². The quantitative estimate of drug-likeness (QED) is 0.577. The molecule has 1 aromatic rings. The van der Waals surface area contributed by atoms with Crippen molar-refractivity contribution >= 4 is 0 Å². The molecule has 0 amide bonds. The predicted octanol–water partition coefficient (Wildman–Crippen LogP) is 0.00570. The number of benzene rings is 1. The first kappa shape index (κ1) is 9.98. The monoisotopic (exact) mass is 183 g/mol. The van der Waals surface area contributed by atoms with Crippen LogP contribution in [0.1, 0.15) is 11.6 Å². The fourth-order valence-electron chi connectivity index (χ4n) is 1.10. The van der Waals surface area contributed by atoms with E-state index in [9.17, 15) is 0 Å². The van der Waals surface area contributed by atoms with Crippen molar-refractivity contribution in [1.29, 1.82) is 0 Å². The lowest BCUT2D eigenvalue weighted by molar-refractivity contribution is -0.0593. The molecule has 13 heavy (non-hydrogen) atoms. The summed E-state index contributed by atoms with van der Waals surface area (Å²) in [5.41, 5.74) is 6.12. The van der Waals surface area contributed by atoms with Gasteiger partial charge in [0.2, 0.25) is 0 Å². The molecule has 4 heteroatoms. The molecular formula is C9H13NO3. The van der Waals surface area contributed by atoms with Crippen LogP contribution in [-0.4, -0.2) is 23.6 Å². The Morgan fingerprint density at radius 2 is 1.92 bits per heavy atom. The van der Waals surface area contributed by atoms with E-state index in [1.807, 2.05) is 0 Å². The van der Waals surface area contributed by atoms with Gasteiger partial charge in [-0.05, 0) is 6.07 Å². The molecular weight excluding hydrogens is 170 g/mol. The van der Waals surface area contributed by atoms with Gasteiger partial charge in [-0.2, -0.15) is 0 Å². The van der Waals surface area contributed by atoms with Crippen molar-refractivity contribution in [2.24, 2.45) is 5.73 Å². The lowest BCUT2D eigenvalue weighted by Crippen LogP contribution is -2.25. The molecule has 1 aromatic carbocycles. The molecule has 0 aliphatic rings. The van der Waals surface area contributed by atoms with Crippen LogP contribution in [0.25, 0.3) is 0 Å². The van der Waals surface area contributed by atoms with Crippen molar-refractivity contribution in [3.63, 3.8) is 0 Å². The van der Waals surface area contributed by atoms with E-state index in [0.29, 0.717) is 11.3 Å². The normalized spacial score (nSPS) is 13.0.